The summed E-state index contributed by atoms with van der Waals surface area (Å²) in [6, 6.07) is 1.98. The maximum atomic E-state index is 11.6. The Bertz CT molecular complexity index is 449. The third-order valence-corrected chi connectivity index (χ3v) is 2.79. The Morgan fingerprint density at radius 2 is 2.20 bits per heavy atom. The van der Waals surface area contributed by atoms with Crippen LogP contribution in [0.2, 0.25) is 0 Å². The van der Waals surface area contributed by atoms with Gasteiger partial charge in [-0.3, -0.25) is 4.68 Å². The highest BCUT2D eigenvalue weighted by Gasteiger charge is 2.18. The van der Waals surface area contributed by atoms with Gasteiger partial charge in [-0.15, -0.1) is 0 Å². The number of carbonyl (C=O) groups excluding carboxylic acids is 1. The third-order valence-electron chi connectivity index (χ3n) is 2.79. The molecular weight excluding hydrogens is 258 g/mol. The summed E-state index contributed by atoms with van der Waals surface area (Å²) in [5.74, 6) is -0.0580. The summed E-state index contributed by atoms with van der Waals surface area (Å²) in [4.78, 5) is 11.6. The number of nitrogens with one attached hydrogen (secondary N) is 1. The quantitative estimate of drug-likeness (QED) is 0.856. The van der Waals surface area contributed by atoms with Crippen LogP contribution in [0.1, 0.15) is 32.2 Å². The maximum Gasteiger partial charge on any atom is 0.407 e. The number of aliphatic hydroxyl groups is 1. The van der Waals surface area contributed by atoms with E-state index in [2.05, 4.69) is 10.4 Å². The van der Waals surface area contributed by atoms with Gasteiger partial charge in [0.05, 0.1) is 5.69 Å². The van der Waals surface area contributed by atoms with Gasteiger partial charge in [-0.1, -0.05) is 0 Å². The average molecular weight is 283 g/mol. The molecule has 1 unspecified atom stereocenters. The summed E-state index contributed by atoms with van der Waals surface area (Å²) in [5.41, 5.74) is 1.46. The van der Waals surface area contributed by atoms with Gasteiger partial charge < -0.3 is 15.2 Å². The lowest BCUT2D eigenvalue weighted by Crippen LogP contribution is -2.36. The number of aromatic nitrogens is 2. The van der Waals surface area contributed by atoms with Crippen molar-refractivity contribution in [2.45, 2.75) is 39.7 Å². The second-order valence-electron chi connectivity index (χ2n) is 6.04. The molecule has 0 radical (unpaired) electrons. The van der Waals surface area contributed by atoms with E-state index in [0.29, 0.717) is 13.0 Å². The number of rotatable bonds is 5. The third kappa shape index (κ3) is 5.61. The summed E-state index contributed by atoms with van der Waals surface area (Å²) >= 11 is 0. The lowest BCUT2D eigenvalue weighted by molar-refractivity contribution is 0.0512. The summed E-state index contributed by atoms with van der Waals surface area (Å²) in [6.45, 7) is 7.74. The monoisotopic (exact) mass is 283 g/mol. The van der Waals surface area contributed by atoms with E-state index in [4.69, 9.17) is 4.74 Å². The Morgan fingerprint density at radius 1 is 1.55 bits per heavy atom. The zero-order chi connectivity index (χ0) is 15.3. The number of ether oxygens (including phenoxy) is 1. The topological polar surface area (TPSA) is 76.4 Å². The Balaban J connectivity index is 2.48. The number of alkyl carbamates (subject to hydrolysis) is 1. The fraction of sp³-hybridized carbons (Fsp3) is 0.714. The second kappa shape index (κ2) is 6.74. The van der Waals surface area contributed by atoms with Crippen molar-refractivity contribution >= 4 is 6.09 Å². The Hall–Kier alpha value is -1.56. The summed E-state index contributed by atoms with van der Waals surface area (Å²) in [5, 5.41) is 16.4. The second-order valence-corrected chi connectivity index (χ2v) is 6.04. The molecule has 6 heteroatoms. The Kier molecular flexibility index (Phi) is 5.56. The number of hydrogen-bond donors (Lipinski definition) is 2. The molecule has 0 fully saturated rings. The van der Waals surface area contributed by atoms with Gasteiger partial charge in [0, 0.05) is 31.8 Å². The minimum absolute atomic E-state index is 0.0000253. The van der Waals surface area contributed by atoms with Crippen molar-refractivity contribution in [1.29, 1.82) is 0 Å². The van der Waals surface area contributed by atoms with Crippen molar-refractivity contribution in [2.75, 3.05) is 13.2 Å². The number of amides is 1. The predicted octanol–water partition coefficient (Wildman–Crippen LogP) is 1.40. The zero-order valence-corrected chi connectivity index (χ0v) is 12.9. The van der Waals surface area contributed by atoms with Crippen LogP contribution in [0.4, 0.5) is 4.79 Å². The van der Waals surface area contributed by atoms with Gasteiger partial charge in [-0.05, 0) is 40.2 Å². The molecule has 1 heterocycles. The molecule has 6 nitrogen and oxygen atoms in total. The van der Waals surface area contributed by atoms with Gasteiger partial charge >= 0.3 is 6.09 Å². The molecular formula is C14H25N3O3. The molecule has 1 rings (SSSR count). The van der Waals surface area contributed by atoms with Crippen molar-refractivity contribution in [2.24, 2.45) is 13.0 Å². The summed E-state index contributed by atoms with van der Waals surface area (Å²) in [7, 11) is 1.87. The summed E-state index contributed by atoms with van der Waals surface area (Å²) < 4.78 is 6.96. The molecule has 0 saturated heterocycles. The highest BCUT2D eigenvalue weighted by atomic mass is 16.6. The molecule has 1 aromatic heterocycles. The molecule has 0 aliphatic carbocycles. The zero-order valence-electron chi connectivity index (χ0n) is 12.9. The molecule has 0 bridgehead atoms. The van der Waals surface area contributed by atoms with Gasteiger partial charge in [0.1, 0.15) is 5.60 Å². The van der Waals surface area contributed by atoms with E-state index in [1.54, 1.807) is 4.68 Å². The fourth-order valence-electron chi connectivity index (χ4n) is 1.89. The summed E-state index contributed by atoms with van der Waals surface area (Å²) in [6.07, 6.45) is 0.195. The van der Waals surface area contributed by atoms with Crippen LogP contribution in [0, 0.1) is 12.8 Å². The van der Waals surface area contributed by atoms with Crippen molar-refractivity contribution in [3.05, 3.63) is 17.5 Å². The number of carbonyl (C=O) groups is 1. The van der Waals surface area contributed by atoms with E-state index in [9.17, 15) is 9.90 Å². The normalized spacial score (nSPS) is 13.1. The number of aryl methyl sites for hydroxylation is 2. The molecule has 114 valence electrons. The first-order valence-electron chi connectivity index (χ1n) is 6.78. The van der Waals surface area contributed by atoms with Crippen LogP contribution in [-0.2, 0) is 18.2 Å². The SMILES string of the molecule is Cc1cc(CC(CO)CNC(=O)OC(C)(C)C)n(C)n1. The van der Waals surface area contributed by atoms with E-state index in [1.165, 1.54) is 0 Å². The molecule has 1 atom stereocenters. The van der Waals surface area contributed by atoms with E-state index in [0.717, 1.165) is 11.4 Å². The van der Waals surface area contributed by atoms with Crippen LogP contribution in [0.5, 0.6) is 0 Å². The number of nitrogens with zero attached hydrogens (tertiary/aromatic N) is 2. The molecule has 1 aromatic rings. The minimum atomic E-state index is -0.516. The van der Waals surface area contributed by atoms with E-state index < -0.39 is 11.7 Å². The highest BCUT2D eigenvalue weighted by Crippen LogP contribution is 2.10. The molecule has 0 spiro atoms. The van der Waals surface area contributed by atoms with Crippen LogP contribution >= 0.6 is 0 Å². The van der Waals surface area contributed by atoms with Crippen LogP contribution in [0.25, 0.3) is 0 Å². The first kappa shape index (κ1) is 16.5. The predicted molar refractivity (Wildman–Crippen MR) is 76.5 cm³/mol. The average Bonchev–Trinajstić information content (AvgIpc) is 2.60. The molecule has 0 aliphatic rings. The van der Waals surface area contributed by atoms with Gasteiger partial charge in [0.15, 0.2) is 0 Å². The first-order valence-corrected chi connectivity index (χ1v) is 6.78. The maximum absolute atomic E-state index is 11.6. The van der Waals surface area contributed by atoms with Gasteiger partial charge in [-0.25, -0.2) is 4.79 Å². The molecule has 0 saturated carbocycles. The van der Waals surface area contributed by atoms with Crippen LogP contribution in [0.3, 0.4) is 0 Å². The largest absolute Gasteiger partial charge is 0.444 e. The van der Waals surface area contributed by atoms with Gasteiger partial charge in [-0.2, -0.15) is 5.10 Å². The number of aliphatic hydroxyl groups excluding tert-OH is 1. The fourth-order valence-corrected chi connectivity index (χ4v) is 1.89. The number of hydrogen-bond acceptors (Lipinski definition) is 4. The molecule has 2 N–H and O–H groups in total. The van der Waals surface area contributed by atoms with Crippen LogP contribution in [-0.4, -0.2) is 39.7 Å². The van der Waals surface area contributed by atoms with Crippen LogP contribution in [0.15, 0.2) is 6.07 Å². The lowest BCUT2D eigenvalue weighted by Gasteiger charge is -2.21. The van der Waals surface area contributed by atoms with Gasteiger partial charge in [0.25, 0.3) is 0 Å². The van der Waals surface area contributed by atoms with Crippen molar-refractivity contribution < 1.29 is 14.6 Å². The Labute approximate surface area is 120 Å². The van der Waals surface area contributed by atoms with E-state index in [-0.39, 0.29) is 12.5 Å². The first-order chi connectivity index (χ1) is 9.21. The van der Waals surface area contributed by atoms with Crippen molar-refractivity contribution in [1.82, 2.24) is 15.1 Å². The van der Waals surface area contributed by atoms with Crippen molar-refractivity contribution in [3.8, 4) is 0 Å². The standard InChI is InChI=1S/C14H25N3O3/c1-10-6-12(17(5)16-10)7-11(9-18)8-15-13(19)20-14(2,3)4/h6,11,18H,7-9H2,1-5H3,(H,15,19). The Morgan fingerprint density at radius 3 is 2.65 bits per heavy atom. The van der Waals surface area contributed by atoms with Crippen LogP contribution < -0.4 is 5.32 Å². The molecule has 0 aliphatic heterocycles. The molecule has 20 heavy (non-hydrogen) atoms. The smallest absolute Gasteiger partial charge is 0.407 e. The highest BCUT2D eigenvalue weighted by molar-refractivity contribution is 5.67. The lowest BCUT2D eigenvalue weighted by atomic mass is 10.0. The minimum Gasteiger partial charge on any atom is -0.444 e. The van der Waals surface area contributed by atoms with E-state index in [1.807, 2.05) is 40.8 Å². The van der Waals surface area contributed by atoms with Crippen molar-refractivity contribution in [3.63, 3.8) is 0 Å². The molecule has 0 aromatic carbocycles. The van der Waals surface area contributed by atoms with Gasteiger partial charge in [0.2, 0.25) is 0 Å². The van der Waals surface area contributed by atoms with E-state index >= 15 is 0 Å². The molecule has 1 amide bonds.